The Morgan fingerprint density at radius 3 is 2.21 bits per heavy atom. The van der Waals surface area contributed by atoms with Crippen molar-refractivity contribution in [1.29, 1.82) is 0 Å². The van der Waals surface area contributed by atoms with Crippen molar-refractivity contribution in [2.24, 2.45) is 5.92 Å². The number of benzene rings is 4. The number of hydrogen-bond donors (Lipinski definition) is 0. The number of nitrogens with zero attached hydrogens (tertiary/aromatic N) is 2. The van der Waals surface area contributed by atoms with E-state index in [-0.39, 0.29) is 0 Å². The van der Waals surface area contributed by atoms with E-state index < -0.39 is 0 Å². The predicted molar refractivity (Wildman–Crippen MR) is 123 cm³/mol. The summed E-state index contributed by atoms with van der Waals surface area (Å²) in [5.74, 6) is 1.61. The Balaban J connectivity index is 1.84. The fourth-order valence-electron chi connectivity index (χ4n) is 4.13. The topological polar surface area (TPSA) is 17.8 Å². The largest absolute Gasteiger partial charge is 0.292 e. The summed E-state index contributed by atoms with van der Waals surface area (Å²) < 4.78 is 2.28. The molecule has 0 saturated carbocycles. The lowest BCUT2D eigenvalue weighted by atomic mass is 9.99. The number of imidazole rings is 1. The highest BCUT2D eigenvalue weighted by Crippen LogP contribution is 2.33. The number of hydrogen-bond acceptors (Lipinski definition) is 1. The smallest absolute Gasteiger partial charge is 0.145 e. The van der Waals surface area contributed by atoms with Gasteiger partial charge in [0.15, 0.2) is 0 Å². The monoisotopic (exact) mass is 376 g/mol. The molecule has 0 aliphatic carbocycles. The molecule has 2 heteroatoms. The van der Waals surface area contributed by atoms with Crippen molar-refractivity contribution >= 4 is 21.8 Å². The third kappa shape index (κ3) is 3.21. The minimum absolute atomic E-state index is 0.633. The van der Waals surface area contributed by atoms with Crippen LogP contribution in [0.15, 0.2) is 91.0 Å². The minimum atomic E-state index is 0.633. The molecule has 0 aliphatic heterocycles. The maximum absolute atomic E-state index is 5.17. The summed E-state index contributed by atoms with van der Waals surface area (Å²) in [6, 6.07) is 32.2. The van der Waals surface area contributed by atoms with Crippen molar-refractivity contribution in [3.05, 3.63) is 96.6 Å². The van der Waals surface area contributed by atoms with E-state index >= 15 is 0 Å². The van der Waals surface area contributed by atoms with Gasteiger partial charge in [-0.1, -0.05) is 80.6 Å². The van der Waals surface area contributed by atoms with Gasteiger partial charge in [-0.3, -0.25) is 4.57 Å². The van der Waals surface area contributed by atoms with Gasteiger partial charge in [0.25, 0.3) is 0 Å². The van der Waals surface area contributed by atoms with E-state index in [4.69, 9.17) is 4.98 Å². The van der Waals surface area contributed by atoms with E-state index in [0.29, 0.717) is 5.92 Å². The summed E-state index contributed by atoms with van der Waals surface area (Å²) in [5, 5.41) is 2.47. The van der Waals surface area contributed by atoms with E-state index in [1.165, 1.54) is 16.3 Å². The molecule has 29 heavy (non-hydrogen) atoms. The Labute approximate surface area is 171 Å². The third-order valence-electron chi connectivity index (χ3n) is 5.40. The molecule has 0 unspecified atom stereocenters. The maximum Gasteiger partial charge on any atom is 0.145 e. The molecular weight excluding hydrogens is 352 g/mol. The van der Waals surface area contributed by atoms with E-state index in [9.17, 15) is 0 Å². The zero-order chi connectivity index (χ0) is 19.8. The molecular formula is C27H24N2. The molecule has 142 valence electrons. The highest BCUT2D eigenvalue weighted by molar-refractivity contribution is 6.06. The molecule has 5 aromatic rings. The van der Waals surface area contributed by atoms with Crippen LogP contribution in [0.25, 0.3) is 38.9 Å². The Hall–Kier alpha value is -3.39. The molecule has 1 aromatic heterocycles. The normalized spacial score (nSPS) is 11.6. The van der Waals surface area contributed by atoms with Gasteiger partial charge in [0.05, 0.1) is 11.0 Å². The van der Waals surface area contributed by atoms with Crippen LogP contribution in [0.3, 0.4) is 0 Å². The predicted octanol–water partition coefficient (Wildman–Crippen LogP) is 7.04. The molecule has 0 N–H and O–H groups in total. The average Bonchev–Trinajstić information content (AvgIpc) is 3.15. The highest BCUT2D eigenvalue weighted by atomic mass is 15.1. The standard InChI is InChI=1S/C27H24N2/c1-19(2)17-20-13-14-21-15-16-25-26(24(21)18-20)28-27(22-9-5-3-6-10-22)29(25)23-11-7-4-8-12-23/h3-16,18-19H,17H2,1-2H3. The third-order valence-corrected chi connectivity index (χ3v) is 5.40. The van der Waals surface area contributed by atoms with E-state index in [0.717, 1.165) is 34.5 Å². The number of aromatic nitrogens is 2. The molecule has 0 fully saturated rings. The lowest BCUT2D eigenvalue weighted by molar-refractivity contribution is 0.648. The molecule has 0 atom stereocenters. The Bertz CT molecular complexity index is 1280. The summed E-state index contributed by atoms with van der Waals surface area (Å²) in [5.41, 5.74) is 5.83. The molecule has 0 aliphatic rings. The molecule has 5 rings (SSSR count). The fourth-order valence-corrected chi connectivity index (χ4v) is 4.13. The van der Waals surface area contributed by atoms with Crippen molar-refractivity contribution in [1.82, 2.24) is 9.55 Å². The van der Waals surface area contributed by atoms with Gasteiger partial charge in [-0.15, -0.1) is 0 Å². The van der Waals surface area contributed by atoms with Crippen LogP contribution in [0.5, 0.6) is 0 Å². The zero-order valence-electron chi connectivity index (χ0n) is 16.8. The first-order valence-electron chi connectivity index (χ1n) is 10.3. The maximum atomic E-state index is 5.17. The van der Waals surface area contributed by atoms with Crippen LogP contribution in [-0.2, 0) is 6.42 Å². The quantitative estimate of drug-likeness (QED) is 0.329. The summed E-state index contributed by atoms with van der Waals surface area (Å²) in [7, 11) is 0. The second-order valence-electron chi connectivity index (χ2n) is 8.06. The van der Waals surface area contributed by atoms with Crippen LogP contribution in [0, 0.1) is 5.92 Å². The lowest BCUT2D eigenvalue weighted by Gasteiger charge is -2.10. The van der Waals surface area contributed by atoms with Gasteiger partial charge in [-0.05, 0) is 47.6 Å². The van der Waals surface area contributed by atoms with Gasteiger partial charge in [-0.2, -0.15) is 0 Å². The van der Waals surface area contributed by atoms with Gasteiger partial charge < -0.3 is 0 Å². The minimum Gasteiger partial charge on any atom is -0.292 e. The van der Waals surface area contributed by atoms with Gasteiger partial charge >= 0.3 is 0 Å². The van der Waals surface area contributed by atoms with Gasteiger partial charge in [0.2, 0.25) is 0 Å². The van der Waals surface area contributed by atoms with Crippen molar-refractivity contribution in [3.63, 3.8) is 0 Å². The average molecular weight is 377 g/mol. The molecule has 0 saturated heterocycles. The molecule has 4 aromatic carbocycles. The van der Waals surface area contributed by atoms with Crippen molar-refractivity contribution in [3.8, 4) is 17.1 Å². The summed E-state index contributed by atoms with van der Waals surface area (Å²) in [6.45, 7) is 4.53. The first-order valence-corrected chi connectivity index (χ1v) is 10.3. The Morgan fingerprint density at radius 1 is 0.793 bits per heavy atom. The van der Waals surface area contributed by atoms with Crippen LogP contribution in [0.2, 0.25) is 0 Å². The molecule has 2 nitrogen and oxygen atoms in total. The molecule has 0 radical (unpaired) electrons. The van der Waals surface area contributed by atoms with Crippen LogP contribution >= 0.6 is 0 Å². The zero-order valence-corrected chi connectivity index (χ0v) is 16.8. The summed E-state index contributed by atoms with van der Waals surface area (Å²) in [4.78, 5) is 5.17. The van der Waals surface area contributed by atoms with Crippen molar-refractivity contribution in [2.75, 3.05) is 0 Å². The SMILES string of the molecule is CC(C)Cc1ccc2ccc3c(nc(-c4ccccc4)n3-c3ccccc3)c2c1. The van der Waals surface area contributed by atoms with Crippen molar-refractivity contribution in [2.45, 2.75) is 20.3 Å². The Kier molecular flexibility index (Phi) is 4.40. The number of para-hydroxylation sites is 1. The second-order valence-corrected chi connectivity index (χ2v) is 8.06. The molecule has 0 spiro atoms. The Morgan fingerprint density at radius 2 is 1.48 bits per heavy atom. The van der Waals surface area contributed by atoms with E-state index in [1.807, 2.05) is 6.07 Å². The first-order chi connectivity index (χ1) is 14.2. The van der Waals surface area contributed by atoms with Crippen LogP contribution < -0.4 is 0 Å². The molecule has 1 heterocycles. The highest BCUT2D eigenvalue weighted by Gasteiger charge is 2.16. The van der Waals surface area contributed by atoms with Gasteiger partial charge in [0.1, 0.15) is 5.82 Å². The van der Waals surface area contributed by atoms with E-state index in [2.05, 4.69) is 103 Å². The van der Waals surface area contributed by atoms with Crippen LogP contribution in [0.4, 0.5) is 0 Å². The molecule has 0 amide bonds. The number of fused-ring (bicyclic) bond motifs is 3. The van der Waals surface area contributed by atoms with Gasteiger partial charge in [-0.25, -0.2) is 4.98 Å². The van der Waals surface area contributed by atoms with Gasteiger partial charge in [0, 0.05) is 16.6 Å². The summed E-state index contributed by atoms with van der Waals surface area (Å²) >= 11 is 0. The molecule has 0 bridgehead atoms. The van der Waals surface area contributed by atoms with Crippen LogP contribution in [0.1, 0.15) is 19.4 Å². The number of rotatable bonds is 4. The van der Waals surface area contributed by atoms with Crippen molar-refractivity contribution < 1.29 is 0 Å². The van der Waals surface area contributed by atoms with E-state index in [1.54, 1.807) is 0 Å². The summed E-state index contributed by atoms with van der Waals surface area (Å²) in [6.07, 6.45) is 1.08. The fraction of sp³-hybridized carbons (Fsp3) is 0.148. The lowest BCUT2D eigenvalue weighted by Crippen LogP contribution is -1.97. The first kappa shape index (κ1) is 17.7. The van der Waals surface area contributed by atoms with Crippen LogP contribution in [-0.4, -0.2) is 9.55 Å². The second kappa shape index (κ2) is 7.21.